The van der Waals surface area contributed by atoms with Crippen LogP contribution >= 0.6 is 0 Å². The molecule has 0 bridgehead atoms. The number of hydrogen-bond donors (Lipinski definition) is 0. The smallest absolute Gasteiger partial charge is 0.187 e. The van der Waals surface area contributed by atoms with Crippen LogP contribution in [-0.4, -0.2) is 36.0 Å². The Hall–Kier alpha value is 0.354. The first-order valence-corrected chi connectivity index (χ1v) is 11.8. The van der Waals surface area contributed by atoms with Gasteiger partial charge in [0.05, 0.1) is 12.2 Å². The second-order valence-corrected chi connectivity index (χ2v) is 13.7. The second-order valence-electron chi connectivity index (χ2n) is 7.41. The highest BCUT2D eigenvalue weighted by Gasteiger charge is 2.44. The summed E-state index contributed by atoms with van der Waals surface area (Å²) < 4.78 is 12.1. The third-order valence-corrected chi connectivity index (χ3v) is 8.59. The molecule has 1 aliphatic heterocycles. The van der Waals surface area contributed by atoms with Gasteiger partial charge in [0.25, 0.3) is 0 Å². The number of epoxide rings is 1. The summed E-state index contributed by atoms with van der Waals surface area (Å²) in [6, 6.07) is 1.33. The molecule has 0 N–H and O–H groups in total. The van der Waals surface area contributed by atoms with Crippen LogP contribution < -0.4 is 0 Å². The minimum Gasteiger partial charge on any atom is -0.416 e. The minimum atomic E-state index is -1.46. The highest BCUT2D eigenvalue weighted by molar-refractivity contribution is 6.71. The van der Waals surface area contributed by atoms with Gasteiger partial charge in [-0.3, -0.25) is 0 Å². The largest absolute Gasteiger partial charge is 0.416 e. The molecule has 4 atom stereocenters. The standard InChI is InChI=1S/C14H30O2Si2/c1-5-14(2,17)16-18(3,4)9-8-11-6-7-12-13(10-11)15-12/h11-13H,5-10H2,1-4,17H3. The summed E-state index contributed by atoms with van der Waals surface area (Å²) in [4.78, 5) is 0. The van der Waals surface area contributed by atoms with E-state index in [2.05, 4.69) is 26.9 Å². The Morgan fingerprint density at radius 2 is 2.06 bits per heavy atom. The van der Waals surface area contributed by atoms with Crippen molar-refractivity contribution >= 4 is 18.6 Å². The molecule has 0 radical (unpaired) electrons. The lowest BCUT2D eigenvalue weighted by Crippen LogP contribution is -2.43. The SMILES string of the molecule is CCC(C)([SiH3])O[Si](C)(C)CCC1CCC2OC2C1. The molecule has 4 unspecified atom stereocenters. The Morgan fingerprint density at radius 1 is 1.33 bits per heavy atom. The van der Waals surface area contributed by atoms with Crippen molar-refractivity contribution in [1.82, 2.24) is 0 Å². The minimum absolute atomic E-state index is 0.201. The van der Waals surface area contributed by atoms with Crippen LogP contribution in [0.1, 0.15) is 46.0 Å². The molecule has 1 saturated heterocycles. The average Bonchev–Trinajstić information content (AvgIpc) is 3.03. The Balaban J connectivity index is 1.73. The zero-order valence-electron chi connectivity index (χ0n) is 12.8. The number of ether oxygens (including phenoxy) is 1. The fourth-order valence-electron chi connectivity index (χ4n) is 3.17. The van der Waals surface area contributed by atoms with E-state index in [0.717, 1.165) is 22.6 Å². The van der Waals surface area contributed by atoms with Gasteiger partial charge < -0.3 is 9.16 Å². The lowest BCUT2D eigenvalue weighted by Gasteiger charge is -2.35. The molecule has 106 valence electrons. The van der Waals surface area contributed by atoms with Gasteiger partial charge in [0.15, 0.2) is 8.32 Å². The summed E-state index contributed by atoms with van der Waals surface area (Å²) in [5.74, 6) is 0.908. The van der Waals surface area contributed by atoms with Gasteiger partial charge >= 0.3 is 0 Å². The maximum Gasteiger partial charge on any atom is 0.187 e. The summed E-state index contributed by atoms with van der Waals surface area (Å²) in [5.41, 5.74) is 0. The van der Waals surface area contributed by atoms with Crippen molar-refractivity contribution < 1.29 is 9.16 Å². The van der Waals surface area contributed by atoms with E-state index in [9.17, 15) is 0 Å². The molecule has 0 aromatic heterocycles. The number of hydrogen-bond acceptors (Lipinski definition) is 2. The summed E-state index contributed by atoms with van der Waals surface area (Å²) in [7, 11) is -0.316. The van der Waals surface area contributed by atoms with Crippen molar-refractivity contribution in [3.8, 4) is 0 Å². The van der Waals surface area contributed by atoms with Crippen molar-refractivity contribution in [1.29, 1.82) is 0 Å². The first-order chi connectivity index (χ1) is 8.31. The highest BCUT2D eigenvalue weighted by atomic mass is 28.4. The molecule has 0 amide bonds. The van der Waals surface area contributed by atoms with Crippen LogP contribution in [0.15, 0.2) is 0 Å². The van der Waals surface area contributed by atoms with Gasteiger partial charge in [-0.25, -0.2) is 0 Å². The van der Waals surface area contributed by atoms with Crippen molar-refractivity contribution in [2.75, 3.05) is 0 Å². The van der Waals surface area contributed by atoms with Crippen LogP contribution in [0.2, 0.25) is 19.1 Å². The Bertz CT molecular complexity index is 292. The second kappa shape index (κ2) is 5.39. The van der Waals surface area contributed by atoms with E-state index in [1.807, 2.05) is 0 Å². The van der Waals surface area contributed by atoms with Crippen molar-refractivity contribution in [2.24, 2.45) is 5.92 Å². The number of fused-ring (bicyclic) bond motifs is 1. The van der Waals surface area contributed by atoms with Crippen LogP contribution in [-0.2, 0) is 9.16 Å². The summed E-state index contributed by atoms with van der Waals surface area (Å²) in [6.07, 6.45) is 7.83. The Kier molecular flexibility index (Phi) is 4.42. The van der Waals surface area contributed by atoms with E-state index in [1.54, 1.807) is 0 Å². The summed E-state index contributed by atoms with van der Waals surface area (Å²) in [5, 5.41) is 0.201. The fourth-order valence-corrected chi connectivity index (χ4v) is 7.68. The van der Waals surface area contributed by atoms with Crippen molar-refractivity contribution in [3.05, 3.63) is 0 Å². The number of rotatable bonds is 6. The molecule has 2 aliphatic rings. The predicted molar refractivity (Wildman–Crippen MR) is 82.6 cm³/mol. The van der Waals surface area contributed by atoms with Crippen LogP contribution in [0.5, 0.6) is 0 Å². The Morgan fingerprint density at radius 3 is 2.67 bits per heavy atom. The molecule has 0 aromatic rings. The van der Waals surface area contributed by atoms with Gasteiger partial charge in [0.2, 0.25) is 0 Å². The molecular weight excluding hydrogens is 256 g/mol. The van der Waals surface area contributed by atoms with E-state index in [0.29, 0.717) is 12.2 Å². The lowest BCUT2D eigenvalue weighted by molar-refractivity contribution is 0.160. The van der Waals surface area contributed by atoms with E-state index in [-0.39, 0.29) is 5.22 Å². The first kappa shape index (κ1) is 14.8. The molecule has 2 rings (SSSR count). The van der Waals surface area contributed by atoms with E-state index in [1.165, 1.54) is 31.7 Å². The third-order valence-electron chi connectivity index (χ3n) is 4.67. The van der Waals surface area contributed by atoms with Crippen molar-refractivity contribution in [2.45, 2.75) is 82.5 Å². The summed E-state index contributed by atoms with van der Waals surface area (Å²) >= 11 is 0. The molecule has 4 heteroatoms. The maximum atomic E-state index is 6.47. The van der Waals surface area contributed by atoms with Gasteiger partial charge in [-0.15, -0.1) is 0 Å². The predicted octanol–water partition coefficient (Wildman–Crippen LogP) is 2.66. The van der Waals surface area contributed by atoms with Gasteiger partial charge in [0.1, 0.15) is 0 Å². The maximum absolute atomic E-state index is 6.47. The van der Waals surface area contributed by atoms with Crippen molar-refractivity contribution in [3.63, 3.8) is 0 Å². The molecule has 2 fully saturated rings. The Labute approximate surface area is 116 Å². The van der Waals surface area contributed by atoms with E-state index < -0.39 is 8.32 Å². The molecule has 18 heavy (non-hydrogen) atoms. The lowest BCUT2D eigenvalue weighted by atomic mass is 9.88. The average molecular weight is 287 g/mol. The van der Waals surface area contributed by atoms with Gasteiger partial charge in [0, 0.05) is 15.5 Å². The van der Waals surface area contributed by atoms with Gasteiger partial charge in [-0.05, 0) is 57.7 Å². The zero-order chi connectivity index (χ0) is 13.4. The van der Waals surface area contributed by atoms with E-state index >= 15 is 0 Å². The molecular formula is C14H30O2Si2. The van der Waals surface area contributed by atoms with Gasteiger partial charge in [-0.2, -0.15) is 0 Å². The molecule has 1 heterocycles. The normalized spacial score (nSPS) is 35.0. The van der Waals surface area contributed by atoms with Crippen LogP contribution in [0.4, 0.5) is 0 Å². The summed E-state index contributed by atoms with van der Waals surface area (Å²) in [6.45, 7) is 9.34. The highest BCUT2D eigenvalue weighted by Crippen LogP contribution is 2.41. The van der Waals surface area contributed by atoms with Crippen LogP contribution in [0.25, 0.3) is 0 Å². The molecule has 0 aromatic carbocycles. The third kappa shape index (κ3) is 4.18. The molecule has 0 spiro atoms. The zero-order valence-corrected chi connectivity index (χ0v) is 15.8. The molecule has 1 aliphatic carbocycles. The monoisotopic (exact) mass is 286 g/mol. The quantitative estimate of drug-likeness (QED) is 0.553. The topological polar surface area (TPSA) is 21.8 Å². The van der Waals surface area contributed by atoms with Crippen LogP contribution in [0, 0.1) is 5.92 Å². The van der Waals surface area contributed by atoms with Gasteiger partial charge in [-0.1, -0.05) is 13.3 Å². The molecule has 1 saturated carbocycles. The fraction of sp³-hybridized carbons (Fsp3) is 1.00. The van der Waals surface area contributed by atoms with Crippen LogP contribution in [0.3, 0.4) is 0 Å². The first-order valence-electron chi connectivity index (χ1n) is 7.67. The van der Waals surface area contributed by atoms with E-state index in [4.69, 9.17) is 9.16 Å². The molecule has 2 nitrogen and oxygen atoms in total.